The molecular formula is C17H26N2. The van der Waals surface area contributed by atoms with Gasteiger partial charge in [-0.25, -0.2) is 0 Å². The predicted molar refractivity (Wildman–Crippen MR) is 81.0 cm³/mol. The van der Waals surface area contributed by atoms with Gasteiger partial charge in [-0.05, 0) is 37.3 Å². The highest BCUT2D eigenvalue weighted by Crippen LogP contribution is 2.25. The lowest BCUT2D eigenvalue weighted by atomic mass is 9.86. The number of benzene rings is 1. The molecule has 0 saturated heterocycles. The Kier molecular flexibility index (Phi) is 4.76. The number of nitrogens with one attached hydrogen (secondary N) is 1. The van der Waals surface area contributed by atoms with Gasteiger partial charge in [0, 0.05) is 11.6 Å². The molecule has 0 aromatic heterocycles. The first-order chi connectivity index (χ1) is 8.63. The zero-order valence-electron chi connectivity index (χ0n) is 13.0. The molecule has 0 amide bonds. The van der Waals surface area contributed by atoms with Crippen LogP contribution in [0.4, 0.5) is 0 Å². The average Bonchev–Trinajstić information content (AvgIpc) is 2.26. The molecule has 104 valence electrons. The third-order valence-corrected chi connectivity index (χ3v) is 3.08. The van der Waals surface area contributed by atoms with E-state index in [-0.39, 0.29) is 17.0 Å². The topological polar surface area (TPSA) is 35.8 Å². The van der Waals surface area contributed by atoms with Crippen molar-refractivity contribution in [1.82, 2.24) is 5.32 Å². The van der Waals surface area contributed by atoms with Crippen LogP contribution in [0.3, 0.4) is 0 Å². The van der Waals surface area contributed by atoms with E-state index in [4.69, 9.17) is 5.26 Å². The second-order valence-corrected chi connectivity index (χ2v) is 7.18. The first kappa shape index (κ1) is 15.7. The summed E-state index contributed by atoms with van der Waals surface area (Å²) in [5, 5.41) is 12.5. The van der Waals surface area contributed by atoms with Gasteiger partial charge in [0.2, 0.25) is 0 Å². The van der Waals surface area contributed by atoms with Gasteiger partial charge in [0.25, 0.3) is 0 Å². The first-order valence-corrected chi connectivity index (χ1v) is 6.88. The Hall–Kier alpha value is -1.33. The molecule has 1 aromatic carbocycles. The lowest BCUT2D eigenvalue weighted by Gasteiger charge is -2.28. The maximum atomic E-state index is 8.99. The highest BCUT2D eigenvalue weighted by molar-refractivity contribution is 5.29. The molecule has 2 nitrogen and oxygen atoms in total. The summed E-state index contributed by atoms with van der Waals surface area (Å²) in [4.78, 5) is 0. The zero-order valence-corrected chi connectivity index (χ0v) is 13.0. The monoisotopic (exact) mass is 258 g/mol. The van der Waals surface area contributed by atoms with E-state index in [1.807, 2.05) is 0 Å². The van der Waals surface area contributed by atoms with Crippen molar-refractivity contribution in [3.05, 3.63) is 35.4 Å². The Balaban J connectivity index is 2.96. The van der Waals surface area contributed by atoms with E-state index in [1.165, 1.54) is 11.1 Å². The molecule has 1 aromatic rings. The molecule has 0 saturated carbocycles. The number of nitrogens with zero attached hydrogens (tertiary/aromatic N) is 1. The van der Waals surface area contributed by atoms with Crippen LogP contribution in [0.2, 0.25) is 0 Å². The summed E-state index contributed by atoms with van der Waals surface area (Å²) in [7, 11) is 0. The van der Waals surface area contributed by atoms with Gasteiger partial charge in [-0.1, -0.05) is 45.0 Å². The van der Waals surface area contributed by atoms with Crippen molar-refractivity contribution in [2.24, 2.45) is 0 Å². The van der Waals surface area contributed by atoms with Gasteiger partial charge in [-0.15, -0.1) is 0 Å². The number of hydrogen-bond acceptors (Lipinski definition) is 2. The van der Waals surface area contributed by atoms with Crippen molar-refractivity contribution < 1.29 is 0 Å². The van der Waals surface area contributed by atoms with E-state index < -0.39 is 0 Å². The minimum absolute atomic E-state index is 0.00418. The molecule has 19 heavy (non-hydrogen) atoms. The first-order valence-electron chi connectivity index (χ1n) is 6.88. The second kappa shape index (κ2) is 5.75. The molecule has 0 bridgehead atoms. The molecule has 0 spiro atoms. The molecule has 0 aliphatic heterocycles. The van der Waals surface area contributed by atoms with E-state index in [2.05, 4.69) is 77.2 Å². The predicted octanol–water partition coefficient (Wildman–Crippen LogP) is 4.33. The maximum Gasteiger partial charge on any atom is 0.0641 e. The van der Waals surface area contributed by atoms with Crippen LogP contribution in [0.1, 0.15) is 65.1 Å². The summed E-state index contributed by atoms with van der Waals surface area (Å²) in [6.07, 6.45) is 0.492. The Labute approximate surface area is 117 Å². The van der Waals surface area contributed by atoms with Crippen LogP contribution < -0.4 is 5.32 Å². The van der Waals surface area contributed by atoms with Crippen LogP contribution in [-0.4, -0.2) is 5.54 Å². The molecule has 1 N–H and O–H groups in total. The highest BCUT2D eigenvalue weighted by Gasteiger charge is 2.19. The van der Waals surface area contributed by atoms with Crippen LogP contribution in [0.5, 0.6) is 0 Å². The van der Waals surface area contributed by atoms with Gasteiger partial charge in [0.05, 0.1) is 12.5 Å². The molecule has 0 aliphatic carbocycles. The van der Waals surface area contributed by atoms with Crippen LogP contribution >= 0.6 is 0 Å². The minimum Gasteiger partial charge on any atom is -0.304 e. The second-order valence-electron chi connectivity index (χ2n) is 7.18. The van der Waals surface area contributed by atoms with Crippen LogP contribution in [0.15, 0.2) is 24.3 Å². The molecule has 0 fully saturated rings. The fraction of sp³-hybridized carbons (Fsp3) is 0.588. The van der Waals surface area contributed by atoms with Crippen molar-refractivity contribution in [3.8, 4) is 6.07 Å². The molecule has 0 unspecified atom stereocenters. The number of hydrogen-bond donors (Lipinski definition) is 1. The molecule has 2 heteroatoms. The summed E-state index contributed by atoms with van der Waals surface area (Å²) in [5.74, 6) is 0. The minimum atomic E-state index is 0.00418. The number of nitriles is 1. The molecular weight excluding hydrogens is 232 g/mol. The summed E-state index contributed by atoms with van der Waals surface area (Å²) >= 11 is 0. The van der Waals surface area contributed by atoms with Crippen molar-refractivity contribution in [2.45, 2.75) is 65.0 Å². The fourth-order valence-corrected chi connectivity index (χ4v) is 2.08. The van der Waals surface area contributed by atoms with E-state index in [9.17, 15) is 0 Å². The summed E-state index contributed by atoms with van der Waals surface area (Å²) in [5.41, 5.74) is 2.68. The largest absolute Gasteiger partial charge is 0.304 e. The smallest absolute Gasteiger partial charge is 0.0641 e. The van der Waals surface area contributed by atoms with Gasteiger partial charge in [0.15, 0.2) is 0 Å². The standard InChI is InChI=1S/C17H26N2/c1-16(2,3)14-9-7-13(8-10-14)15(11-12-18)19-17(4,5)6/h7-10,15,19H,11H2,1-6H3/t15-/m1/s1. The SMILES string of the molecule is CC(C)(C)N[C@H](CC#N)c1ccc(C(C)(C)C)cc1. The molecule has 1 atom stereocenters. The highest BCUT2D eigenvalue weighted by atomic mass is 15.0. The summed E-state index contributed by atoms with van der Waals surface area (Å²) < 4.78 is 0. The number of rotatable bonds is 3. The van der Waals surface area contributed by atoms with Crippen molar-refractivity contribution >= 4 is 0 Å². The Morgan fingerprint density at radius 1 is 1.05 bits per heavy atom. The molecule has 0 radical (unpaired) electrons. The Morgan fingerprint density at radius 2 is 1.58 bits per heavy atom. The quantitative estimate of drug-likeness (QED) is 0.876. The molecule has 1 rings (SSSR count). The van der Waals surface area contributed by atoms with E-state index in [1.54, 1.807) is 0 Å². The third-order valence-electron chi connectivity index (χ3n) is 3.08. The van der Waals surface area contributed by atoms with Crippen molar-refractivity contribution in [3.63, 3.8) is 0 Å². The van der Waals surface area contributed by atoms with Gasteiger partial charge in [-0.2, -0.15) is 5.26 Å². The van der Waals surface area contributed by atoms with Crippen molar-refractivity contribution in [1.29, 1.82) is 5.26 Å². The van der Waals surface area contributed by atoms with Crippen molar-refractivity contribution in [2.75, 3.05) is 0 Å². The van der Waals surface area contributed by atoms with Gasteiger partial charge in [0.1, 0.15) is 0 Å². The maximum absolute atomic E-state index is 8.99. The normalized spacial score (nSPS) is 13.9. The Morgan fingerprint density at radius 3 is 1.95 bits per heavy atom. The summed E-state index contributed by atoms with van der Waals surface area (Å²) in [6, 6.07) is 11.0. The van der Waals surface area contributed by atoms with E-state index >= 15 is 0 Å². The van der Waals surface area contributed by atoms with Crippen LogP contribution in [0, 0.1) is 11.3 Å². The van der Waals surface area contributed by atoms with Gasteiger partial charge in [-0.3, -0.25) is 0 Å². The van der Waals surface area contributed by atoms with E-state index in [0.717, 1.165) is 0 Å². The van der Waals surface area contributed by atoms with E-state index in [0.29, 0.717) is 6.42 Å². The lowest BCUT2D eigenvalue weighted by Crippen LogP contribution is -2.38. The van der Waals surface area contributed by atoms with Crippen LogP contribution in [0.25, 0.3) is 0 Å². The van der Waals surface area contributed by atoms with Gasteiger partial charge >= 0.3 is 0 Å². The Bertz CT molecular complexity index is 438. The third kappa shape index (κ3) is 5.04. The van der Waals surface area contributed by atoms with Gasteiger partial charge < -0.3 is 5.32 Å². The molecule has 0 heterocycles. The zero-order chi connectivity index (χ0) is 14.7. The lowest BCUT2D eigenvalue weighted by molar-refractivity contribution is 0.366. The molecule has 0 aliphatic rings. The van der Waals surface area contributed by atoms with Crippen LogP contribution in [-0.2, 0) is 5.41 Å². The fourth-order valence-electron chi connectivity index (χ4n) is 2.08. The summed E-state index contributed by atoms with van der Waals surface area (Å²) in [6.45, 7) is 13.0. The average molecular weight is 258 g/mol.